The molecule has 0 saturated carbocycles. The molecule has 2 bridgehead atoms. The first-order chi connectivity index (χ1) is 17.1. The van der Waals surface area contributed by atoms with E-state index in [1.165, 1.54) is 0 Å². The van der Waals surface area contributed by atoms with Crippen molar-refractivity contribution in [3.8, 4) is 0 Å². The molecule has 5 aliphatic rings. The smallest absolute Gasteiger partial charge is 0.346 e. The summed E-state index contributed by atoms with van der Waals surface area (Å²) < 4.78 is 9.98. The Balaban J connectivity index is 1.74. The van der Waals surface area contributed by atoms with Crippen LogP contribution in [0, 0.1) is 11.8 Å². The lowest BCUT2D eigenvalue weighted by atomic mass is 9.42. The van der Waals surface area contributed by atoms with Crippen LogP contribution in [-0.2, 0) is 20.3 Å². The van der Waals surface area contributed by atoms with Gasteiger partial charge in [-0.25, -0.2) is 19.2 Å². The Morgan fingerprint density at radius 1 is 0.500 bits per heavy atom. The van der Waals surface area contributed by atoms with Gasteiger partial charge in [0.25, 0.3) is 0 Å². The van der Waals surface area contributed by atoms with E-state index < -0.39 is 34.7 Å². The van der Waals surface area contributed by atoms with E-state index in [0.717, 1.165) is 33.4 Å². The minimum Gasteiger partial charge on any atom is -0.386 e. The molecule has 8 rings (SSSR count). The quantitative estimate of drug-likeness (QED) is 0.384. The second kappa shape index (κ2) is 6.38. The molecule has 0 N–H and O–H groups in total. The molecule has 6 heteroatoms. The number of esters is 4. The molecule has 3 aliphatic carbocycles. The normalized spacial score (nSPS) is 24.4. The highest BCUT2D eigenvalue weighted by Crippen LogP contribution is 2.67. The number of fused-ring (bicyclic) bond motifs is 2. The highest BCUT2D eigenvalue weighted by Gasteiger charge is 2.62. The van der Waals surface area contributed by atoms with Crippen molar-refractivity contribution in [3.05, 3.63) is 104 Å². The summed E-state index contributed by atoms with van der Waals surface area (Å²) in [5, 5.41) is 0. The van der Waals surface area contributed by atoms with Crippen LogP contribution in [0.25, 0.3) is 0 Å². The second-order valence-corrected chi connectivity index (χ2v) is 10.7. The molecule has 0 spiro atoms. The maximum atomic E-state index is 12.6. The topological polar surface area (TPSA) is 86.7 Å². The van der Waals surface area contributed by atoms with Gasteiger partial charge >= 0.3 is 23.9 Å². The fourth-order valence-corrected chi connectivity index (χ4v) is 7.48. The number of ether oxygens (including phenoxy) is 2. The highest BCUT2D eigenvalue weighted by molar-refractivity contribution is 6.16. The third kappa shape index (κ3) is 2.04. The molecule has 6 nitrogen and oxygen atoms in total. The molecule has 0 aromatic heterocycles. The van der Waals surface area contributed by atoms with Crippen molar-refractivity contribution in [1.82, 2.24) is 0 Å². The van der Waals surface area contributed by atoms with Crippen LogP contribution in [0.1, 0.15) is 103 Å². The Hall–Kier alpha value is -4.06. The van der Waals surface area contributed by atoms with Crippen LogP contribution in [0.4, 0.5) is 0 Å². The molecule has 0 amide bonds. The molecule has 2 heterocycles. The number of hydrogen-bond acceptors (Lipinski definition) is 6. The first-order valence-electron chi connectivity index (χ1n) is 12.2. The molecule has 2 aliphatic heterocycles. The monoisotopic (exact) mass is 478 g/mol. The van der Waals surface area contributed by atoms with E-state index in [2.05, 4.69) is 39.8 Å². The third-order valence-corrected chi connectivity index (χ3v) is 8.77. The molecule has 3 aromatic carbocycles. The Labute approximate surface area is 207 Å². The van der Waals surface area contributed by atoms with Crippen LogP contribution < -0.4 is 0 Å². The predicted molar refractivity (Wildman–Crippen MR) is 128 cm³/mol. The van der Waals surface area contributed by atoms with Crippen LogP contribution in [0.3, 0.4) is 0 Å². The Morgan fingerprint density at radius 3 is 1.03 bits per heavy atom. The fraction of sp³-hybridized carbons (Fsp3) is 0.267. The van der Waals surface area contributed by atoms with Crippen molar-refractivity contribution in [3.63, 3.8) is 0 Å². The van der Waals surface area contributed by atoms with Gasteiger partial charge in [0.2, 0.25) is 0 Å². The van der Waals surface area contributed by atoms with Crippen molar-refractivity contribution < 1.29 is 28.7 Å². The van der Waals surface area contributed by atoms with Gasteiger partial charge in [0.1, 0.15) is 0 Å². The number of rotatable bonds is 2. The SMILES string of the molecule is CC(C)C12c3ccccc3C(C(C)C)(c3cc4c(cc31)C(=O)OC4=O)c1cc3c(cc12)C(=O)OC3=O. The van der Waals surface area contributed by atoms with Gasteiger partial charge in [-0.05, 0) is 69.5 Å². The van der Waals surface area contributed by atoms with E-state index in [-0.39, 0.29) is 34.1 Å². The van der Waals surface area contributed by atoms with Gasteiger partial charge in [-0.2, -0.15) is 0 Å². The van der Waals surface area contributed by atoms with Crippen molar-refractivity contribution in [2.24, 2.45) is 11.8 Å². The summed E-state index contributed by atoms with van der Waals surface area (Å²) in [7, 11) is 0. The van der Waals surface area contributed by atoms with E-state index in [1.807, 2.05) is 36.4 Å². The molecule has 0 atom stereocenters. The summed E-state index contributed by atoms with van der Waals surface area (Å²) in [6.45, 7) is 8.47. The molecule has 0 radical (unpaired) electrons. The molecular formula is C30H22O6. The third-order valence-electron chi connectivity index (χ3n) is 8.77. The largest absolute Gasteiger partial charge is 0.386 e. The van der Waals surface area contributed by atoms with Gasteiger partial charge < -0.3 is 9.47 Å². The van der Waals surface area contributed by atoms with E-state index in [1.54, 1.807) is 0 Å². The van der Waals surface area contributed by atoms with Gasteiger partial charge in [-0.15, -0.1) is 0 Å². The van der Waals surface area contributed by atoms with Crippen LogP contribution >= 0.6 is 0 Å². The van der Waals surface area contributed by atoms with Crippen LogP contribution in [0.2, 0.25) is 0 Å². The molecule has 36 heavy (non-hydrogen) atoms. The second-order valence-electron chi connectivity index (χ2n) is 10.7. The van der Waals surface area contributed by atoms with Crippen molar-refractivity contribution in [2.45, 2.75) is 38.5 Å². The summed E-state index contributed by atoms with van der Waals surface area (Å²) in [5.41, 5.74) is 5.54. The molecule has 0 unspecified atom stereocenters. The summed E-state index contributed by atoms with van der Waals surface area (Å²) in [6.07, 6.45) is 0. The van der Waals surface area contributed by atoms with E-state index >= 15 is 0 Å². The Bertz CT molecular complexity index is 1420. The van der Waals surface area contributed by atoms with Gasteiger partial charge in [0, 0.05) is 10.8 Å². The van der Waals surface area contributed by atoms with Gasteiger partial charge in [-0.1, -0.05) is 52.0 Å². The minimum atomic E-state index is -0.722. The van der Waals surface area contributed by atoms with E-state index in [0.29, 0.717) is 0 Å². The number of hydrogen-bond donors (Lipinski definition) is 0. The van der Waals surface area contributed by atoms with Crippen LogP contribution in [-0.4, -0.2) is 23.9 Å². The summed E-state index contributed by atoms with van der Waals surface area (Å²) in [4.78, 5) is 50.6. The average Bonchev–Trinajstić information content (AvgIpc) is 3.29. The number of benzene rings is 3. The minimum absolute atomic E-state index is 0.000961. The van der Waals surface area contributed by atoms with Crippen molar-refractivity contribution in [1.29, 1.82) is 0 Å². The average molecular weight is 479 g/mol. The van der Waals surface area contributed by atoms with Crippen molar-refractivity contribution in [2.75, 3.05) is 0 Å². The first-order valence-corrected chi connectivity index (χ1v) is 12.2. The number of carbonyl (C=O) groups is 4. The lowest BCUT2D eigenvalue weighted by Crippen LogP contribution is -2.55. The van der Waals surface area contributed by atoms with Crippen LogP contribution in [0.15, 0.2) is 48.5 Å². The van der Waals surface area contributed by atoms with E-state index in [4.69, 9.17) is 9.47 Å². The van der Waals surface area contributed by atoms with Gasteiger partial charge in [0.05, 0.1) is 22.3 Å². The summed E-state index contributed by atoms with van der Waals surface area (Å²) in [6, 6.07) is 15.5. The zero-order valence-electron chi connectivity index (χ0n) is 20.2. The molecule has 0 saturated heterocycles. The van der Waals surface area contributed by atoms with Crippen LogP contribution in [0.5, 0.6) is 0 Å². The van der Waals surface area contributed by atoms with Crippen molar-refractivity contribution >= 4 is 23.9 Å². The maximum absolute atomic E-state index is 12.6. The molecule has 3 aromatic rings. The fourth-order valence-electron chi connectivity index (χ4n) is 7.48. The first kappa shape index (κ1) is 21.2. The number of cyclic esters (lactones) is 4. The Morgan fingerprint density at radius 2 is 0.778 bits per heavy atom. The standard InChI is InChI=1S/C30H22O6/c1-13(2)29-19-7-5-6-8-20(19)30(14(3)4,23-11-17-15(9-21(23)29)25(31)35-27(17)33)24-12-18-16(10-22(24)29)26(32)36-28(18)34/h5-14H,1-4H3. The molecule has 178 valence electrons. The lowest BCUT2D eigenvalue weighted by Gasteiger charge is -2.60. The summed E-state index contributed by atoms with van der Waals surface area (Å²) >= 11 is 0. The predicted octanol–water partition coefficient (Wildman–Crippen LogP) is 4.92. The highest BCUT2D eigenvalue weighted by atomic mass is 16.6. The van der Waals surface area contributed by atoms with Gasteiger partial charge in [0.15, 0.2) is 0 Å². The molecular weight excluding hydrogens is 456 g/mol. The number of carbonyl (C=O) groups excluding carboxylic acids is 4. The van der Waals surface area contributed by atoms with Gasteiger partial charge in [-0.3, -0.25) is 0 Å². The molecule has 0 fully saturated rings. The zero-order chi connectivity index (χ0) is 25.3. The zero-order valence-corrected chi connectivity index (χ0v) is 20.2. The summed E-state index contributed by atoms with van der Waals surface area (Å²) in [5.74, 6) is -2.58. The van der Waals surface area contributed by atoms with E-state index in [9.17, 15) is 19.2 Å². The maximum Gasteiger partial charge on any atom is 0.346 e. The lowest BCUT2D eigenvalue weighted by molar-refractivity contribution is 0.0425. The Kier molecular flexibility index (Phi) is 3.76.